The van der Waals surface area contributed by atoms with E-state index in [0.29, 0.717) is 0 Å². The first kappa shape index (κ1) is 5.88. The minimum absolute atomic E-state index is 0. The van der Waals surface area contributed by atoms with Crippen LogP contribution in [0.4, 0.5) is 0 Å². The SMILES string of the molecule is NC1CCO1.[N]. The molecule has 0 aromatic heterocycles. The summed E-state index contributed by atoms with van der Waals surface area (Å²) in [4.78, 5) is 0. The number of nitrogens with two attached hydrogens (primary N) is 1. The number of hydrogen-bond donors (Lipinski definition) is 1. The van der Waals surface area contributed by atoms with Crippen molar-refractivity contribution < 1.29 is 4.74 Å². The second kappa shape index (κ2) is 2.12. The summed E-state index contributed by atoms with van der Waals surface area (Å²) >= 11 is 0. The molecular weight excluding hydrogens is 80.0 g/mol. The van der Waals surface area contributed by atoms with E-state index in [2.05, 4.69) is 0 Å². The Hall–Kier alpha value is -0.120. The van der Waals surface area contributed by atoms with Crippen LogP contribution in [0.25, 0.3) is 0 Å². The summed E-state index contributed by atoms with van der Waals surface area (Å²) in [6.45, 7) is 0.862. The zero-order valence-electron chi connectivity index (χ0n) is 3.42. The molecule has 0 aromatic carbocycles. The Kier molecular flexibility index (Phi) is 2.08. The Morgan fingerprint density at radius 2 is 2.00 bits per heavy atom. The maximum absolute atomic E-state index is 5.16. The van der Waals surface area contributed by atoms with Gasteiger partial charge in [-0.2, -0.15) is 0 Å². The first-order chi connectivity index (χ1) is 2.39. The molecule has 3 nitrogen and oxygen atoms in total. The van der Waals surface area contributed by atoms with Crippen LogP contribution in [-0.4, -0.2) is 12.8 Å². The van der Waals surface area contributed by atoms with Crippen molar-refractivity contribution >= 4 is 0 Å². The van der Waals surface area contributed by atoms with Gasteiger partial charge in [-0.25, -0.2) is 0 Å². The highest BCUT2D eigenvalue weighted by Gasteiger charge is 2.09. The molecule has 0 aromatic rings. The van der Waals surface area contributed by atoms with E-state index >= 15 is 0 Å². The van der Waals surface area contributed by atoms with Gasteiger partial charge >= 0.3 is 0 Å². The van der Waals surface area contributed by atoms with E-state index in [4.69, 9.17) is 10.5 Å². The maximum atomic E-state index is 5.16. The van der Waals surface area contributed by atoms with Gasteiger partial charge in [-0.1, -0.05) is 0 Å². The Morgan fingerprint density at radius 3 is 2.00 bits per heavy atom. The van der Waals surface area contributed by atoms with Crippen molar-refractivity contribution in [3.05, 3.63) is 0 Å². The quantitative estimate of drug-likeness (QED) is 0.420. The highest BCUT2D eigenvalue weighted by atomic mass is 16.5. The molecule has 1 unspecified atom stereocenters. The van der Waals surface area contributed by atoms with Gasteiger partial charge in [0.05, 0.1) is 6.61 Å². The van der Waals surface area contributed by atoms with Crippen LogP contribution in [0.1, 0.15) is 6.42 Å². The molecule has 1 aliphatic heterocycles. The molecule has 0 bridgehead atoms. The molecule has 1 saturated heterocycles. The first-order valence-electron chi connectivity index (χ1n) is 1.77. The molecule has 0 aliphatic carbocycles. The number of nitrogens with zero attached hydrogens (tertiary/aromatic N) is 1. The fourth-order valence-electron chi connectivity index (χ4n) is 0.254. The Balaban J connectivity index is 0.000000250. The lowest BCUT2D eigenvalue weighted by Crippen LogP contribution is -2.34. The molecule has 1 fully saturated rings. The lowest BCUT2D eigenvalue weighted by atomic mass is 10.3. The third-order valence-electron chi connectivity index (χ3n) is 0.734. The molecule has 35 valence electrons. The largest absolute Gasteiger partial charge is 0.363 e. The molecule has 6 heavy (non-hydrogen) atoms. The van der Waals surface area contributed by atoms with Crippen LogP contribution in [0.3, 0.4) is 0 Å². The highest BCUT2D eigenvalue weighted by molar-refractivity contribution is 4.55. The summed E-state index contributed by atoms with van der Waals surface area (Å²) in [7, 11) is 0. The van der Waals surface area contributed by atoms with Crippen molar-refractivity contribution in [3.8, 4) is 0 Å². The molecule has 0 saturated carbocycles. The average molecular weight is 87.1 g/mol. The predicted octanol–water partition coefficient (Wildman–Crippen LogP) is -0.789. The third kappa shape index (κ3) is 0.931. The standard InChI is InChI=1S/C3H7NO.N/c4-3-1-2-5-3;/h3H,1-2,4H2;. The summed E-state index contributed by atoms with van der Waals surface area (Å²) in [6.07, 6.45) is 1.11. The zero-order chi connectivity index (χ0) is 3.70. The van der Waals surface area contributed by atoms with Gasteiger partial charge < -0.3 is 10.5 Å². The maximum Gasteiger partial charge on any atom is 0.107 e. The number of ether oxygens (including phenoxy) is 1. The van der Waals surface area contributed by atoms with Crippen LogP contribution in [0.2, 0.25) is 0 Å². The molecular formula is C3H7N2O. The second-order valence-corrected chi connectivity index (χ2v) is 1.20. The normalized spacial score (nSPS) is 30.5. The lowest BCUT2D eigenvalue weighted by Gasteiger charge is -2.20. The Labute approximate surface area is 37.1 Å². The minimum Gasteiger partial charge on any atom is -0.363 e. The average Bonchev–Trinajstić information content (AvgIpc) is 1.30. The molecule has 1 aliphatic rings. The summed E-state index contributed by atoms with van der Waals surface area (Å²) in [5.74, 6) is 0. The van der Waals surface area contributed by atoms with Crippen LogP contribution in [0.5, 0.6) is 0 Å². The topological polar surface area (TPSA) is 65.8 Å². The van der Waals surface area contributed by atoms with E-state index in [1.807, 2.05) is 0 Å². The van der Waals surface area contributed by atoms with Crippen molar-refractivity contribution in [2.75, 3.05) is 6.61 Å². The second-order valence-electron chi connectivity index (χ2n) is 1.20. The monoisotopic (exact) mass is 87.1 g/mol. The summed E-state index contributed by atoms with van der Waals surface area (Å²) in [5, 5.41) is 0. The van der Waals surface area contributed by atoms with Crippen molar-refractivity contribution in [1.82, 2.24) is 6.15 Å². The van der Waals surface area contributed by atoms with E-state index in [-0.39, 0.29) is 12.4 Å². The summed E-state index contributed by atoms with van der Waals surface area (Å²) in [5.41, 5.74) is 5.16. The van der Waals surface area contributed by atoms with E-state index in [1.165, 1.54) is 0 Å². The van der Waals surface area contributed by atoms with Gasteiger partial charge in [-0.15, -0.1) is 0 Å². The fraction of sp³-hybridized carbons (Fsp3) is 1.00. The van der Waals surface area contributed by atoms with Gasteiger partial charge in [-0.3, -0.25) is 0 Å². The van der Waals surface area contributed by atoms with Gasteiger partial charge in [0.25, 0.3) is 0 Å². The van der Waals surface area contributed by atoms with E-state index in [9.17, 15) is 0 Å². The van der Waals surface area contributed by atoms with Crippen LogP contribution in [-0.2, 0) is 4.74 Å². The van der Waals surface area contributed by atoms with Gasteiger partial charge in [0.1, 0.15) is 6.23 Å². The van der Waals surface area contributed by atoms with Crippen molar-refractivity contribution in [1.29, 1.82) is 0 Å². The highest BCUT2D eigenvalue weighted by Crippen LogP contribution is 2.01. The van der Waals surface area contributed by atoms with Gasteiger partial charge in [0, 0.05) is 12.6 Å². The molecule has 1 atom stereocenters. The molecule has 3 heteroatoms. The zero-order valence-corrected chi connectivity index (χ0v) is 3.42. The van der Waals surface area contributed by atoms with E-state index in [0.717, 1.165) is 13.0 Å². The Morgan fingerprint density at radius 1 is 1.67 bits per heavy atom. The molecule has 0 amide bonds. The van der Waals surface area contributed by atoms with Crippen molar-refractivity contribution in [3.63, 3.8) is 0 Å². The van der Waals surface area contributed by atoms with Gasteiger partial charge in [0.15, 0.2) is 0 Å². The molecule has 1 rings (SSSR count). The molecule has 0 spiro atoms. The van der Waals surface area contributed by atoms with Crippen molar-refractivity contribution in [2.24, 2.45) is 5.73 Å². The summed E-state index contributed by atoms with van der Waals surface area (Å²) < 4.78 is 4.71. The molecule has 3 radical (unpaired) electrons. The third-order valence-corrected chi connectivity index (χ3v) is 0.734. The fourth-order valence-corrected chi connectivity index (χ4v) is 0.254. The summed E-state index contributed by atoms with van der Waals surface area (Å²) in [6, 6.07) is 0. The van der Waals surface area contributed by atoms with Crippen LogP contribution < -0.4 is 11.9 Å². The van der Waals surface area contributed by atoms with E-state index < -0.39 is 0 Å². The van der Waals surface area contributed by atoms with Crippen LogP contribution in [0.15, 0.2) is 0 Å². The first-order valence-corrected chi connectivity index (χ1v) is 1.77. The Bertz CT molecular complexity index is 35.8. The smallest absolute Gasteiger partial charge is 0.107 e. The number of hydrogen-bond acceptors (Lipinski definition) is 2. The van der Waals surface area contributed by atoms with Crippen LogP contribution in [0, 0.1) is 0 Å². The minimum atomic E-state index is 0. The molecule has 2 N–H and O–H groups in total. The number of rotatable bonds is 0. The van der Waals surface area contributed by atoms with E-state index in [1.54, 1.807) is 0 Å². The van der Waals surface area contributed by atoms with Gasteiger partial charge in [0.2, 0.25) is 0 Å². The molecule has 1 heterocycles. The van der Waals surface area contributed by atoms with Gasteiger partial charge in [-0.05, 0) is 0 Å². The predicted molar refractivity (Wildman–Crippen MR) is 20.7 cm³/mol. The lowest BCUT2D eigenvalue weighted by molar-refractivity contribution is -0.0455. The van der Waals surface area contributed by atoms with Crippen LogP contribution >= 0.6 is 0 Å². The van der Waals surface area contributed by atoms with Crippen molar-refractivity contribution in [2.45, 2.75) is 12.6 Å².